The van der Waals surface area contributed by atoms with E-state index >= 15 is 0 Å². The topological polar surface area (TPSA) is 44.1 Å². The number of nitrogens with zero attached hydrogens (tertiary/aromatic N) is 2. The first kappa shape index (κ1) is 15.4. The van der Waals surface area contributed by atoms with Gasteiger partial charge in [-0.2, -0.15) is 5.26 Å². The Kier molecular flexibility index (Phi) is 6.24. The van der Waals surface area contributed by atoms with Gasteiger partial charge in [0.05, 0.1) is 18.2 Å². The number of ketones is 1. The van der Waals surface area contributed by atoms with Crippen LogP contribution in [-0.2, 0) is 0 Å². The second kappa shape index (κ2) is 7.70. The summed E-state index contributed by atoms with van der Waals surface area (Å²) in [5, 5.41) is 8.73. The van der Waals surface area contributed by atoms with Crippen LogP contribution in [-0.4, -0.2) is 30.3 Å². The molecule has 0 aliphatic rings. The number of likely N-dealkylation sites (N-methyl/N-ethyl adjacent to an activating group) is 1. The van der Waals surface area contributed by atoms with Crippen LogP contribution in [0.5, 0.6) is 0 Å². The molecule has 3 nitrogen and oxygen atoms in total. The zero-order chi connectivity index (χ0) is 14.3. The molecule has 1 atom stereocenters. The van der Waals surface area contributed by atoms with E-state index in [1.54, 1.807) is 24.3 Å². The van der Waals surface area contributed by atoms with E-state index in [-0.39, 0.29) is 5.78 Å². The fourth-order valence-electron chi connectivity index (χ4n) is 1.90. The number of carbonyl (C=O) groups excluding carboxylic acids is 1. The van der Waals surface area contributed by atoms with Gasteiger partial charge in [-0.3, -0.25) is 9.69 Å². The number of hydrogen-bond donors (Lipinski definition) is 0. The molecular formula is C16H22N2O. The predicted molar refractivity (Wildman–Crippen MR) is 77.1 cm³/mol. The highest BCUT2D eigenvalue weighted by atomic mass is 16.1. The van der Waals surface area contributed by atoms with Gasteiger partial charge in [-0.25, -0.2) is 0 Å². The third kappa shape index (κ3) is 4.84. The van der Waals surface area contributed by atoms with Crippen molar-refractivity contribution >= 4 is 5.78 Å². The minimum atomic E-state index is 0.120. The van der Waals surface area contributed by atoms with E-state index in [1.165, 1.54) is 0 Å². The summed E-state index contributed by atoms with van der Waals surface area (Å²) in [5.74, 6) is 0.725. The van der Waals surface area contributed by atoms with Crippen LogP contribution in [0.25, 0.3) is 0 Å². The molecule has 1 rings (SSSR count). The van der Waals surface area contributed by atoms with Gasteiger partial charge in [-0.1, -0.05) is 39.3 Å². The third-order valence-electron chi connectivity index (χ3n) is 3.42. The lowest BCUT2D eigenvalue weighted by Gasteiger charge is -2.22. The molecule has 0 heterocycles. The van der Waals surface area contributed by atoms with E-state index in [9.17, 15) is 4.79 Å². The molecule has 0 saturated heterocycles. The van der Waals surface area contributed by atoms with Gasteiger partial charge in [0.2, 0.25) is 0 Å². The minimum Gasteiger partial charge on any atom is -0.296 e. The molecule has 0 aliphatic carbocycles. The van der Waals surface area contributed by atoms with Crippen molar-refractivity contribution in [1.29, 1.82) is 5.26 Å². The normalized spacial score (nSPS) is 12.2. The molecule has 1 aromatic carbocycles. The van der Waals surface area contributed by atoms with E-state index in [1.807, 2.05) is 0 Å². The van der Waals surface area contributed by atoms with Crippen LogP contribution in [0.2, 0.25) is 0 Å². The first-order chi connectivity index (χ1) is 9.10. The second-order valence-corrected chi connectivity index (χ2v) is 4.95. The fraction of sp³-hybridized carbons (Fsp3) is 0.500. The van der Waals surface area contributed by atoms with E-state index in [0.29, 0.717) is 23.6 Å². The maximum atomic E-state index is 12.2. The molecule has 0 aromatic heterocycles. The summed E-state index contributed by atoms with van der Waals surface area (Å²) in [6, 6.07) is 8.91. The minimum absolute atomic E-state index is 0.120. The lowest BCUT2D eigenvalue weighted by molar-refractivity contribution is 0.0924. The maximum absolute atomic E-state index is 12.2. The molecule has 1 aromatic rings. The molecule has 0 aliphatic heterocycles. The number of Topliss-reactive ketones (excluding diaryl/α,β-unsaturated/α-hetero) is 1. The Morgan fingerprint density at radius 2 is 1.95 bits per heavy atom. The number of benzene rings is 1. The highest BCUT2D eigenvalue weighted by molar-refractivity contribution is 5.97. The molecule has 0 bridgehead atoms. The van der Waals surface area contributed by atoms with Crippen molar-refractivity contribution in [3.05, 3.63) is 35.4 Å². The van der Waals surface area contributed by atoms with E-state index in [4.69, 9.17) is 5.26 Å². The van der Waals surface area contributed by atoms with Gasteiger partial charge >= 0.3 is 0 Å². The zero-order valence-electron chi connectivity index (χ0n) is 12.0. The Morgan fingerprint density at radius 3 is 2.42 bits per heavy atom. The Hall–Kier alpha value is -1.66. The van der Waals surface area contributed by atoms with Crippen molar-refractivity contribution < 1.29 is 4.79 Å². The second-order valence-electron chi connectivity index (χ2n) is 4.95. The van der Waals surface area contributed by atoms with Crippen molar-refractivity contribution in [2.75, 3.05) is 19.6 Å². The monoisotopic (exact) mass is 258 g/mol. The van der Waals surface area contributed by atoms with Crippen LogP contribution in [0.3, 0.4) is 0 Å². The van der Waals surface area contributed by atoms with Crippen LogP contribution < -0.4 is 0 Å². The lowest BCUT2D eigenvalue weighted by Crippen LogP contribution is -2.33. The smallest absolute Gasteiger partial charge is 0.176 e. The van der Waals surface area contributed by atoms with Crippen molar-refractivity contribution in [3.8, 4) is 6.07 Å². The highest BCUT2D eigenvalue weighted by Crippen LogP contribution is 2.08. The van der Waals surface area contributed by atoms with Gasteiger partial charge in [0.1, 0.15) is 0 Å². The largest absolute Gasteiger partial charge is 0.296 e. The zero-order valence-corrected chi connectivity index (χ0v) is 12.0. The maximum Gasteiger partial charge on any atom is 0.176 e. The van der Waals surface area contributed by atoms with Gasteiger partial charge in [0.15, 0.2) is 5.78 Å². The van der Waals surface area contributed by atoms with Gasteiger partial charge in [-0.15, -0.1) is 0 Å². The average molecular weight is 258 g/mol. The summed E-state index contributed by atoms with van der Waals surface area (Å²) >= 11 is 0. The third-order valence-corrected chi connectivity index (χ3v) is 3.42. The van der Waals surface area contributed by atoms with Crippen LogP contribution in [0.1, 0.15) is 43.1 Å². The molecule has 0 amide bonds. The van der Waals surface area contributed by atoms with Gasteiger partial charge < -0.3 is 0 Å². The predicted octanol–water partition coefficient (Wildman–Crippen LogP) is 3.11. The van der Waals surface area contributed by atoms with Crippen molar-refractivity contribution in [1.82, 2.24) is 4.90 Å². The lowest BCUT2D eigenvalue weighted by atomic mass is 10.1. The molecule has 0 N–H and O–H groups in total. The number of carbonyl (C=O) groups is 1. The van der Waals surface area contributed by atoms with Crippen molar-refractivity contribution in [2.45, 2.75) is 27.2 Å². The van der Waals surface area contributed by atoms with Gasteiger partial charge in [0.25, 0.3) is 0 Å². The number of nitriles is 1. The first-order valence-electron chi connectivity index (χ1n) is 6.86. The summed E-state index contributed by atoms with van der Waals surface area (Å²) in [4.78, 5) is 14.3. The number of rotatable bonds is 7. The van der Waals surface area contributed by atoms with Crippen molar-refractivity contribution in [2.24, 2.45) is 5.92 Å². The van der Waals surface area contributed by atoms with Crippen LogP contribution >= 0.6 is 0 Å². The van der Waals surface area contributed by atoms with Crippen LogP contribution in [0.15, 0.2) is 24.3 Å². The quantitative estimate of drug-likeness (QED) is 0.706. The summed E-state index contributed by atoms with van der Waals surface area (Å²) in [6.07, 6.45) is 1.13. The average Bonchev–Trinajstić information content (AvgIpc) is 2.46. The van der Waals surface area contributed by atoms with Crippen molar-refractivity contribution in [3.63, 3.8) is 0 Å². The molecule has 3 heteroatoms. The Bertz CT molecular complexity index is 445. The molecule has 0 radical (unpaired) electrons. The molecule has 0 saturated carbocycles. The molecule has 0 fully saturated rings. The van der Waals surface area contributed by atoms with Gasteiger partial charge in [-0.05, 0) is 24.6 Å². The molecule has 102 valence electrons. The standard InChI is InChI=1S/C16H22N2O/c1-4-13(3)11-18(5-2)12-16(19)15-8-6-14(10-17)7-9-15/h6-9,13H,4-5,11-12H2,1-3H3. The van der Waals surface area contributed by atoms with Crippen LogP contribution in [0.4, 0.5) is 0 Å². The molecular weight excluding hydrogens is 236 g/mol. The Labute approximate surface area is 115 Å². The van der Waals surface area contributed by atoms with E-state index < -0.39 is 0 Å². The van der Waals surface area contributed by atoms with Crippen LogP contribution in [0, 0.1) is 17.2 Å². The van der Waals surface area contributed by atoms with Gasteiger partial charge in [0, 0.05) is 12.1 Å². The SMILES string of the molecule is CCC(C)CN(CC)CC(=O)c1ccc(C#N)cc1. The summed E-state index contributed by atoms with van der Waals surface area (Å²) in [7, 11) is 0. The molecule has 0 spiro atoms. The first-order valence-corrected chi connectivity index (χ1v) is 6.86. The summed E-state index contributed by atoms with van der Waals surface area (Å²) in [6.45, 7) is 8.73. The Balaban J connectivity index is 2.63. The highest BCUT2D eigenvalue weighted by Gasteiger charge is 2.13. The Morgan fingerprint density at radius 1 is 1.32 bits per heavy atom. The summed E-state index contributed by atoms with van der Waals surface area (Å²) in [5.41, 5.74) is 1.27. The molecule has 1 unspecified atom stereocenters. The van der Waals surface area contributed by atoms with E-state index in [0.717, 1.165) is 19.5 Å². The number of hydrogen-bond acceptors (Lipinski definition) is 3. The van der Waals surface area contributed by atoms with E-state index in [2.05, 4.69) is 31.7 Å². The summed E-state index contributed by atoms with van der Waals surface area (Å²) < 4.78 is 0. The molecule has 19 heavy (non-hydrogen) atoms. The fourth-order valence-corrected chi connectivity index (χ4v) is 1.90.